The van der Waals surface area contributed by atoms with Crippen molar-refractivity contribution in [3.8, 4) is 0 Å². The molecule has 0 aromatic heterocycles. The van der Waals surface area contributed by atoms with Crippen molar-refractivity contribution in [3.63, 3.8) is 0 Å². The predicted molar refractivity (Wildman–Crippen MR) is 70.8 cm³/mol. The summed E-state index contributed by atoms with van der Waals surface area (Å²) in [6.07, 6.45) is 2.60. The zero-order valence-corrected chi connectivity index (χ0v) is 10.9. The summed E-state index contributed by atoms with van der Waals surface area (Å²) < 4.78 is 4.58. The summed E-state index contributed by atoms with van der Waals surface area (Å²) in [5, 5.41) is 0.576. The number of benzene rings is 1. The molecule has 98 valence electrons. The summed E-state index contributed by atoms with van der Waals surface area (Å²) in [5.41, 5.74) is 8.70. The number of ether oxygens (including phenoxy) is 1. The Balaban J connectivity index is 2.81. The van der Waals surface area contributed by atoms with Crippen LogP contribution in [-0.2, 0) is 14.3 Å². The number of ketones is 1. The Labute approximate surface area is 115 Å². The fourth-order valence-electron chi connectivity index (χ4n) is 1.21. The quantitative estimate of drug-likeness (QED) is 0.207. The Hall–Kier alpha value is -2.23. The molecule has 1 aromatic rings. The molecule has 0 amide bonds. The van der Waals surface area contributed by atoms with Gasteiger partial charge in [0, 0.05) is 5.02 Å². The van der Waals surface area contributed by atoms with Gasteiger partial charge in [0.05, 0.1) is 6.61 Å². The van der Waals surface area contributed by atoms with Gasteiger partial charge in [-0.05, 0) is 30.7 Å². The number of halogens is 1. The van der Waals surface area contributed by atoms with Gasteiger partial charge >= 0.3 is 11.7 Å². The number of nitrogens with zero attached hydrogens (tertiary/aromatic N) is 2. The van der Waals surface area contributed by atoms with Crippen molar-refractivity contribution in [1.82, 2.24) is 0 Å². The van der Waals surface area contributed by atoms with Crippen molar-refractivity contribution in [2.75, 3.05) is 6.61 Å². The molecule has 0 bridgehead atoms. The molecule has 0 saturated carbocycles. The second kappa shape index (κ2) is 7.26. The molecule has 0 aliphatic heterocycles. The number of hydrogen-bond donors (Lipinski definition) is 0. The lowest BCUT2D eigenvalue weighted by Gasteiger charge is -1.95. The summed E-state index contributed by atoms with van der Waals surface area (Å²) in [6, 6.07) is 6.73. The normalized spacial score (nSPS) is 10.0. The van der Waals surface area contributed by atoms with Crippen molar-refractivity contribution in [2.45, 2.75) is 6.92 Å². The van der Waals surface area contributed by atoms with Crippen LogP contribution < -0.4 is 0 Å². The molecule has 5 nitrogen and oxygen atoms in total. The molecule has 6 heteroatoms. The second-order valence-corrected chi connectivity index (χ2v) is 3.85. The number of hydrogen-bond acceptors (Lipinski definition) is 3. The highest BCUT2D eigenvalue weighted by Gasteiger charge is 2.28. The van der Waals surface area contributed by atoms with Gasteiger partial charge in [0.1, 0.15) is 0 Å². The van der Waals surface area contributed by atoms with Crippen LogP contribution in [0.25, 0.3) is 11.6 Å². The first kappa shape index (κ1) is 14.8. The molecule has 0 fully saturated rings. The van der Waals surface area contributed by atoms with E-state index >= 15 is 0 Å². The van der Waals surface area contributed by atoms with Gasteiger partial charge in [-0.2, -0.15) is 4.79 Å². The minimum Gasteiger partial charge on any atom is -0.457 e. The lowest BCUT2D eigenvalue weighted by molar-refractivity contribution is -0.141. The van der Waals surface area contributed by atoms with Crippen LogP contribution in [0.2, 0.25) is 5.02 Å². The minimum atomic E-state index is -0.962. The van der Waals surface area contributed by atoms with Crippen molar-refractivity contribution in [2.24, 2.45) is 0 Å². The van der Waals surface area contributed by atoms with Gasteiger partial charge in [0.25, 0.3) is 5.78 Å². The third-order valence-corrected chi connectivity index (χ3v) is 2.35. The van der Waals surface area contributed by atoms with Gasteiger partial charge in [0.2, 0.25) is 0 Å². The molecule has 0 unspecified atom stereocenters. The van der Waals surface area contributed by atoms with Gasteiger partial charge in [0.15, 0.2) is 0 Å². The van der Waals surface area contributed by atoms with E-state index in [-0.39, 0.29) is 6.61 Å². The third kappa shape index (κ3) is 4.50. The fourth-order valence-corrected chi connectivity index (χ4v) is 1.34. The van der Waals surface area contributed by atoms with Crippen LogP contribution in [0.4, 0.5) is 0 Å². The van der Waals surface area contributed by atoms with E-state index in [0.29, 0.717) is 5.02 Å². The highest BCUT2D eigenvalue weighted by atomic mass is 35.5. The summed E-state index contributed by atoms with van der Waals surface area (Å²) >= 11 is 5.72. The summed E-state index contributed by atoms with van der Waals surface area (Å²) in [6.45, 7) is 1.67. The van der Waals surface area contributed by atoms with E-state index in [9.17, 15) is 9.59 Å². The van der Waals surface area contributed by atoms with Gasteiger partial charge < -0.3 is 10.3 Å². The molecule has 0 heterocycles. The highest BCUT2D eigenvalue weighted by Crippen LogP contribution is 2.10. The molecular weight excluding hydrogens is 268 g/mol. The van der Waals surface area contributed by atoms with Crippen LogP contribution in [-0.4, -0.2) is 28.9 Å². The van der Waals surface area contributed by atoms with Crippen LogP contribution >= 0.6 is 11.6 Å². The zero-order valence-electron chi connectivity index (χ0n) is 10.2. The first-order valence-corrected chi connectivity index (χ1v) is 5.83. The maximum Gasteiger partial charge on any atom is 0.445 e. The van der Waals surface area contributed by atoms with Crippen molar-refractivity contribution in [1.29, 1.82) is 0 Å². The maximum atomic E-state index is 11.6. The standard InChI is InChI=1S/C13H11ClN2O3/c1-2-19-13(18)12(16-15)11(17)8-5-9-3-6-10(14)7-4-9/h3-8H,2H2,1H3. The molecule has 0 radical (unpaired) electrons. The summed E-state index contributed by atoms with van der Waals surface area (Å²) in [7, 11) is 0. The Morgan fingerprint density at radius 1 is 1.37 bits per heavy atom. The van der Waals surface area contributed by atoms with E-state index in [1.54, 1.807) is 31.2 Å². The lowest BCUT2D eigenvalue weighted by Crippen LogP contribution is -2.26. The van der Waals surface area contributed by atoms with Crippen LogP contribution in [0.5, 0.6) is 0 Å². The van der Waals surface area contributed by atoms with Crippen molar-refractivity contribution in [3.05, 3.63) is 46.5 Å². The van der Waals surface area contributed by atoms with E-state index in [1.807, 2.05) is 0 Å². The summed E-state index contributed by atoms with van der Waals surface area (Å²) in [5.74, 6) is -1.70. The Morgan fingerprint density at radius 3 is 2.53 bits per heavy atom. The molecule has 0 aliphatic carbocycles. The largest absolute Gasteiger partial charge is 0.457 e. The highest BCUT2D eigenvalue weighted by molar-refractivity contribution is 6.64. The number of carbonyl (C=O) groups excluding carboxylic acids is 2. The SMILES string of the molecule is CCOC(=O)C(=[N+]=[N-])C(=O)C=Cc1ccc(Cl)cc1. The molecule has 1 aromatic carbocycles. The van der Waals surface area contributed by atoms with E-state index in [1.165, 1.54) is 6.08 Å². The first-order chi connectivity index (χ1) is 9.08. The maximum absolute atomic E-state index is 11.6. The molecule has 0 aliphatic rings. The topological polar surface area (TPSA) is 79.8 Å². The summed E-state index contributed by atoms with van der Waals surface area (Å²) in [4.78, 5) is 25.6. The fraction of sp³-hybridized carbons (Fsp3) is 0.154. The van der Waals surface area contributed by atoms with Crippen LogP contribution in [0.15, 0.2) is 30.3 Å². The number of esters is 1. The Kier molecular flexibility index (Phi) is 5.67. The van der Waals surface area contributed by atoms with Crippen molar-refractivity contribution >= 4 is 35.1 Å². The Bertz CT molecular complexity index is 558. The molecule has 19 heavy (non-hydrogen) atoms. The predicted octanol–water partition coefficient (Wildman–Crippen LogP) is 2.16. The minimum absolute atomic E-state index is 0.0893. The lowest BCUT2D eigenvalue weighted by atomic mass is 10.1. The molecule has 0 atom stereocenters. The smallest absolute Gasteiger partial charge is 0.445 e. The van der Waals surface area contributed by atoms with Gasteiger partial charge in [-0.25, -0.2) is 4.79 Å². The number of allylic oxidation sites excluding steroid dienone is 1. The average molecular weight is 279 g/mol. The first-order valence-electron chi connectivity index (χ1n) is 5.45. The number of carbonyl (C=O) groups is 2. The number of rotatable bonds is 5. The van der Waals surface area contributed by atoms with Crippen LogP contribution in [0.3, 0.4) is 0 Å². The van der Waals surface area contributed by atoms with Gasteiger partial charge in [-0.15, -0.1) is 0 Å². The molecular formula is C13H11ClN2O3. The van der Waals surface area contributed by atoms with Gasteiger partial charge in [-0.1, -0.05) is 29.8 Å². The van der Waals surface area contributed by atoms with E-state index in [4.69, 9.17) is 17.1 Å². The monoisotopic (exact) mass is 278 g/mol. The van der Waals surface area contributed by atoms with E-state index in [0.717, 1.165) is 11.6 Å². The molecule has 0 spiro atoms. The van der Waals surface area contributed by atoms with Crippen LogP contribution in [0, 0.1) is 0 Å². The van der Waals surface area contributed by atoms with Crippen molar-refractivity contribution < 1.29 is 19.1 Å². The Morgan fingerprint density at radius 2 is 2.00 bits per heavy atom. The van der Waals surface area contributed by atoms with Gasteiger partial charge in [-0.3, -0.25) is 4.79 Å². The second-order valence-electron chi connectivity index (χ2n) is 3.42. The molecule has 1 rings (SSSR count). The third-order valence-electron chi connectivity index (χ3n) is 2.10. The molecule has 0 N–H and O–H groups in total. The van der Waals surface area contributed by atoms with E-state index in [2.05, 4.69) is 9.53 Å². The van der Waals surface area contributed by atoms with E-state index < -0.39 is 17.5 Å². The van der Waals surface area contributed by atoms with Crippen LogP contribution in [0.1, 0.15) is 12.5 Å². The average Bonchev–Trinajstić information content (AvgIpc) is 2.39. The molecule has 0 saturated heterocycles. The zero-order chi connectivity index (χ0) is 14.3.